The number of methoxy groups -OCH3 is 3. The highest BCUT2D eigenvalue weighted by Gasteiger charge is 2.20. The smallest absolute Gasteiger partial charge is 0.272 e. The van der Waals surface area contributed by atoms with Gasteiger partial charge in [0, 0.05) is 17.1 Å². The average molecular weight is 382 g/mol. The molecule has 3 rings (SSSR count). The minimum atomic E-state index is -0.247. The van der Waals surface area contributed by atoms with Crippen molar-refractivity contribution in [2.24, 2.45) is 0 Å². The zero-order valence-corrected chi connectivity index (χ0v) is 17.1. The van der Waals surface area contributed by atoms with Gasteiger partial charge in [0.2, 0.25) is 0 Å². The van der Waals surface area contributed by atoms with Crippen LogP contribution in [0.2, 0.25) is 0 Å². The zero-order valence-electron chi connectivity index (χ0n) is 17.1. The number of rotatable bonds is 5. The number of benzene rings is 2. The summed E-state index contributed by atoms with van der Waals surface area (Å²) in [5.41, 5.74) is 3.05. The molecule has 0 spiro atoms. The maximum absolute atomic E-state index is 12.8. The first-order chi connectivity index (χ1) is 13.3. The van der Waals surface area contributed by atoms with Gasteiger partial charge in [0.05, 0.1) is 26.8 Å². The molecule has 0 aliphatic heterocycles. The molecule has 0 radical (unpaired) electrons. The molecule has 0 aliphatic carbocycles. The molecule has 2 aromatic carbocycles. The number of carbonyl (C=O) groups is 1. The van der Waals surface area contributed by atoms with Crippen molar-refractivity contribution in [1.29, 1.82) is 0 Å². The molecule has 1 heterocycles. The lowest BCUT2D eigenvalue weighted by Crippen LogP contribution is -2.13. The van der Waals surface area contributed by atoms with Gasteiger partial charge in [-0.25, -0.2) is 0 Å². The van der Waals surface area contributed by atoms with Crippen molar-refractivity contribution in [1.82, 2.24) is 4.98 Å². The average Bonchev–Trinajstić information content (AvgIpc) is 3.11. The molecule has 2 N–H and O–H groups in total. The van der Waals surface area contributed by atoms with E-state index in [1.807, 2.05) is 24.3 Å². The van der Waals surface area contributed by atoms with Crippen molar-refractivity contribution >= 4 is 22.5 Å². The van der Waals surface area contributed by atoms with Gasteiger partial charge in [-0.1, -0.05) is 32.9 Å². The van der Waals surface area contributed by atoms with Crippen LogP contribution in [0.25, 0.3) is 10.9 Å². The van der Waals surface area contributed by atoms with Crippen molar-refractivity contribution < 1.29 is 19.0 Å². The van der Waals surface area contributed by atoms with Crippen molar-refractivity contribution in [3.63, 3.8) is 0 Å². The van der Waals surface area contributed by atoms with Crippen LogP contribution in [0.4, 0.5) is 5.69 Å². The van der Waals surface area contributed by atoms with E-state index in [9.17, 15) is 4.79 Å². The number of ether oxygens (including phenoxy) is 3. The summed E-state index contributed by atoms with van der Waals surface area (Å²) in [4.78, 5) is 15.9. The summed E-state index contributed by atoms with van der Waals surface area (Å²) in [7, 11) is 4.69. The van der Waals surface area contributed by atoms with Crippen molar-refractivity contribution in [3.8, 4) is 17.2 Å². The van der Waals surface area contributed by atoms with E-state index in [4.69, 9.17) is 14.2 Å². The summed E-state index contributed by atoms with van der Waals surface area (Å²) >= 11 is 0. The number of hydrogen-bond donors (Lipinski definition) is 2. The Morgan fingerprint density at radius 1 is 0.929 bits per heavy atom. The van der Waals surface area contributed by atoms with Crippen LogP contribution < -0.4 is 19.5 Å². The fraction of sp³-hybridized carbons (Fsp3) is 0.318. The first-order valence-corrected chi connectivity index (χ1v) is 9.02. The maximum atomic E-state index is 12.8. The van der Waals surface area contributed by atoms with Crippen LogP contribution in [0.3, 0.4) is 0 Å². The standard InChI is InChI=1S/C22H26N2O4/c1-22(2,3)13-7-9-14(10-8-13)23-21(25)16-11-15-17(26-4)12-18(27-5)20(28-6)19(15)24-16/h7-12,24H,1-6H3,(H,23,25). The van der Waals surface area contributed by atoms with Crippen molar-refractivity contribution in [3.05, 3.63) is 47.7 Å². The Labute approximate surface area is 164 Å². The molecule has 3 aromatic rings. The molecule has 0 saturated carbocycles. The Hall–Kier alpha value is -3.15. The van der Waals surface area contributed by atoms with Crippen LogP contribution in [0.5, 0.6) is 17.2 Å². The molecular formula is C22H26N2O4. The third-order valence-corrected chi connectivity index (χ3v) is 4.69. The van der Waals surface area contributed by atoms with Gasteiger partial charge in [-0.2, -0.15) is 0 Å². The monoisotopic (exact) mass is 382 g/mol. The number of amides is 1. The van der Waals surface area contributed by atoms with Gasteiger partial charge in [0.15, 0.2) is 11.5 Å². The molecule has 0 fully saturated rings. The van der Waals surface area contributed by atoms with E-state index in [0.717, 1.165) is 11.1 Å². The number of aromatic nitrogens is 1. The van der Waals surface area contributed by atoms with Gasteiger partial charge in [-0.3, -0.25) is 4.79 Å². The largest absolute Gasteiger partial charge is 0.496 e. The molecule has 28 heavy (non-hydrogen) atoms. The molecule has 0 unspecified atom stereocenters. The van der Waals surface area contributed by atoms with Crippen LogP contribution >= 0.6 is 0 Å². The minimum Gasteiger partial charge on any atom is -0.496 e. The summed E-state index contributed by atoms with van der Waals surface area (Å²) in [5.74, 6) is 1.39. The Morgan fingerprint density at radius 2 is 1.57 bits per heavy atom. The Morgan fingerprint density at radius 3 is 2.11 bits per heavy atom. The molecule has 0 atom stereocenters. The van der Waals surface area contributed by atoms with E-state index in [-0.39, 0.29) is 11.3 Å². The van der Waals surface area contributed by atoms with Crippen molar-refractivity contribution in [2.75, 3.05) is 26.6 Å². The Balaban J connectivity index is 1.94. The third kappa shape index (κ3) is 3.63. The Bertz CT molecular complexity index is 998. The van der Waals surface area contributed by atoms with Crippen molar-refractivity contribution in [2.45, 2.75) is 26.2 Å². The highest BCUT2D eigenvalue weighted by molar-refractivity contribution is 6.07. The summed E-state index contributed by atoms with van der Waals surface area (Å²) in [6.07, 6.45) is 0. The number of aromatic amines is 1. The van der Waals surface area contributed by atoms with Gasteiger partial charge < -0.3 is 24.5 Å². The third-order valence-electron chi connectivity index (χ3n) is 4.69. The molecule has 0 bridgehead atoms. The highest BCUT2D eigenvalue weighted by Crippen LogP contribution is 2.41. The molecule has 0 aliphatic rings. The van der Waals surface area contributed by atoms with Gasteiger partial charge in [0.25, 0.3) is 5.91 Å². The van der Waals surface area contributed by atoms with Crippen LogP contribution in [-0.4, -0.2) is 32.2 Å². The number of fused-ring (bicyclic) bond motifs is 1. The molecule has 1 amide bonds. The summed E-state index contributed by atoms with van der Waals surface area (Å²) in [6, 6.07) is 11.4. The quantitative estimate of drug-likeness (QED) is 0.668. The van der Waals surface area contributed by atoms with Crippen LogP contribution in [0.1, 0.15) is 36.8 Å². The summed E-state index contributed by atoms with van der Waals surface area (Å²) < 4.78 is 16.3. The molecule has 0 saturated heterocycles. The lowest BCUT2D eigenvalue weighted by Gasteiger charge is -2.19. The van der Waals surface area contributed by atoms with E-state index < -0.39 is 0 Å². The SMILES string of the molecule is COc1cc(OC)c2cc(C(=O)Nc3ccc(C(C)(C)C)cc3)[nH]c2c1OC. The predicted molar refractivity (Wildman–Crippen MR) is 111 cm³/mol. The van der Waals surface area contributed by atoms with E-state index in [2.05, 4.69) is 31.1 Å². The Kier molecular flexibility index (Phi) is 5.23. The minimum absolute atomic E-state index is 0.0614. The topological polar surface area (TPSA) is 72.6 Å². The normalized spacial score (nSPS) is 11.4. The van der Waals surface area contributed by atoms with Gasteiger partial charge in [0.1, 0.15) is 11.4 Å². The maximum Gasteiger partial charge on any atom is 0.272 e. The van der Waals surface area contributed by atoms with Crippen LogP contribution in [0, 0.1) is 0 Å². The lowest BCUT2D eigenvalue weighted by atomic mass is 9.87. The number of anilines is 1. The second kappa shape index (κ2) is 7.46. The number of hydrogen-bond acceptors (Lipinski definition) is 4. The van der Waals surface area contributed by atoms with E-state index in [1.165, 1.54) is 5.56 Å². The van der Waals surface area contributed by atoms with E-state index >= 15 is 0 Å². The highest BCUT2D eigenvalue weighted by atomic mass is 16.5. The first kappa shape index (κ1) is 19.6. The lowest BCUT2D eigenvalue weighted by molar-refractivity contribution is 0.102. The van der Waals surface area contributed by atoms with Crippen LogP contribution in [0.15, 0.2) is 36.4 Å². The first-order valence-electron chi connectivity index (χ1n) is 9.02. The fourth-order valence-electron chi connectivity index (χ4n) is 3.11. The van der Waals surface area contributed by atoms with Gasteiger partial charge in [-0.05, 0) is 29.2 Å². The zero-order chi connectivity index (χ0) is 20.5. The molecule has 1 aromatic heterocycles. The van der Waals surface area contributed by atoms with E-state index in [1.54, 1.807) is 33.5 Å². The summed E-state index contributed by atoms with van der Waals surface area (Å²) in [6.45, 7) is 6.46. The van der Waals surface area contributed by atoms with E-state index in [0.29, 0.717) is 28.5 Å². The summed E-state index contributed by atoms with van der Waals surface area (Å²) in [5, 5.41) is 3.66. The number of carbonyl (C=O) groups excluding carboxylic acids is 1. The second-order valence-electron chi connectivity index (χ2n) is 7.57. The molecule has 6 heteroatoms. The second-order valence-corrected chi connectivity index (χ2v) is 7.57. The van der Waals surface area contributed by atoms with Gasteiger partial charge >= 0.3 is 0 Å². The van der Waals surface area contributed by atoms with Crippen LogP contribution in [-0.2, 0) is 5.41 Å². The molecule has 148 valence electrons. The number of nitrogens with one attached hydrogen (secondary N) is 2. The number of H-pyrrole nitrogens is 1. The molecular weight excluding hydrogens is 356 g/mol. The molecule has 6 nitrogen and oxygen atoms in total. The van der Waals surface area contributed by atoms with Gasteiger partial charge in [-0.15, -0.1) is 0 Å². The fourth-order valence-corrected chi connectivity index (χ4v) is 3.11. The predicted octanol–water partition coefficient (Wildman–Crippen LogP) is 4.74.